The highest BCUT2D eigenvalue weighted by Gasteiger charge is 2.19. The van der Waals surface area contributed by atoms with Gasteiger partial charge in [0.25, 0.3) is 0 Å². The lowest BCUT2D eigenvalue weighted by Crippen LogP contribution is -2.30. The zero-order valence-electron chi connectivity index (χ0n) is 31.0. The summed E-state index contributed by atoms with van der Waals surface area (Å²) in [6.07, 6.45) is 31.1. The standard InChI is InChI=1S/C40H76O6/c1-5-7-9-11-12-13-14-17-21-25-29-33-40(43)46-37(34-44-38(41)31-27-22-10-8-6-2)35-45-39(42)32-28-24-20-18-15-16-19-23-26-30-36(3)4/h36-37H,5-35H2,1-4H3/t37-/m1/s1. The minimum atomic E-state index is -0.756. The van der Waals surface area contributed by atoms with E-state index in [9.17, 15) is 14.4 Å². The molecule has 0 aliphatic carbocycles. The Balaban J connectivity index is 4.26. The van der Waals surface area contributed by atoms with Crippen LogP contribution in [-0.2, 0) is 28.6 Å². The van der Waals surface area contributed by atoms with Crippen LogP contribution in [0.15, 0.2) is 0 Å². The summed E-state index contributed by atoms with van der Waals surface area (Å²) < 4.78 is 16.5. The van der Waals surface area contributed by atoms with Crippen molar-refractivity contribution in [3.63, 3.8) is 0 Å². The third-order valence-corrected chi connectivity index (χ3v) is 8.79. The van der Waals surface area contributed by atoms with Crippen molar-refractivity contribution >= 4 is 17.9 Å². The third kappa shape index (κ3) is 33.8. The van der Waals surface area contributed by atoms with Crippen molar-refractivity contribution in [2.45, 2.75) is 220 Å². The minimum absolute atomic E-state index is 0.0661. The Bertz CT molecular complexity index is 691. The molecule has 0 rings (SSSR count). The van der Waals surface area contributed by atoms with Crippen LogP contribution in [0.2, 0.25) is 0 Å². The molecule has 0 fully saturated rings. The van der Waals surface area contributed by atoms with E-state index >= 15 is 0 Å². The lowest BCUT2D eigenvalue weighted by molar-refractivity contribution is -0.167. The first-order chi connectivity index (χ1) is 22.4. The Hall–Kier alpha value is -1.59. The first kappa shape index (κ1) is 44.4. The molecule has 0 heterocycles. The maximum absolute atomic E-state index is 12.6. The van der Waals surface area contributed by atoms with E-state index in [2.05, 4.69) is 27.7 Å². The average Bonchev–Trinajstić information content (AvgIpc) is 3.03. The molecular formula is C40H76O6. The minimum Gasteiger partial charge on any atom is -0.462 e. The second kappa shape index (κ2) is 34.7. The van der Waals surface area contributed by atoms with E-state index in [-0.39, 0.29) is 31.1 Å². The highest BCUT2D eigenvalue weighted by molar-refractivity contribution is 5.71. The number of rotatable bonds is 35. The molecule has 1 atom stereocenters. The first-order valence-corrected chi connectivity index (χ1v) is 19.9. The molecule has 0 N–H and O–H groups in total. The first-order valence-electron chi connectivity index (χ1n) is 19.9. The summed E-state index contributed by atoms with van der Waals surface area (Å²) in [5.41, 5.74) is 0. The Morgan fingerprint density at radius 3 is 1.07 bits per heavy atom. The zero-order chi connectivity index (χ0) is 33.9. The van der Waals surface area contributed by atoms with Gasteiger partial charge in [-0.1, -0.05) is 175 Å². The van der Waals surface area contributed by atoms with Crippen molar-refractivity contribution < 1.29 is 28.6 Å². The molecule has 0 spiro atoms. The van der Waals surface area contributed by atoms with E-state index in [4.69, 9.17) is 14.2 Å². The molecule has 0 saturated carbocycles. The van der Waals surface area contributed by atoms with E-state index in [0.29, 0.717) is 19.3 Å². The molecule has 0 saturated heterocycles. The zero-order valence-corrected chi connectivity index (χ0v) is 31.0. The van der Waals surface area contributed by atoms with Gasteiger partial charge >= 0.3 is 17.9 Å². The number of hydrogen-bond acceptors (Lipinski definition) is 6. The molecule has 0 aromatic heterocycles. The lowest BCUT2D eigenvalue weighted by atomic mass is 10.0. The van der Waals surface area contributed by atoms with Gasteiger partial charge in [0, 0.05) is 19.3 Å². The monoisotopic (exact) mass is 653 g/mol. The number of hydrogen-bond donors (Lipinski definition) is 0. The number of carbonyl (C=O) groups excluding carboxylic acids is 3. The quantitative estimate of drug-likeness (QED) is 0.0385. The van der Waals surface area contributed by atoms with E-state index in [0.717, 1.165) is 70.1 Å². The summed E-state index contributed by atoms with van der Waals surface area (Å²) >= 11 is 0. The SMILES string of the molecule is CCCCCCCCCCCCCC(=O)O[C@H](COC(=O)CCCCCCC)COC(=O)CCCCCCCCCCCC(C)C. The predicted molar refractivity (Wildman–Crippen MR) is 192 cm³/mol. The number of carbonyl (C=O) groups is 3. The number of esters is 3. The molecule has 0 bridgehead atoms. The molecule has 46 heavy (non-hydrogen) atoms. The maximum atomic E-state index is 12.6. The Labute approximate surface area is 285 Å². The summed E-state index contributed by atoms with van der Waals surface area (Å²) in [6.45, 7) is 8.86. The van der Waals surface area contributed by atoms with Gasteiger partial charge in [0.1, 0.15) is 13.2 Å². The summed E-state index contributed by atoms with van der Waals surface area (Å²) in [5.74, 6) is -0.0692. The molecular weight excluding hydrogens is 576 g/mol. The van der Waals surface area contributed by atoms with E-state index in [1.165, 1.54) is 103 Å². The highest BCUT2D eigenvalue weighted by atomic mass is 16.6. The van der Waals surface area contributed by atoms with E-state index in [1.807, 2.05) is 0 Å². The summed E-state index contributed by atoms with van der Waals surface area (Å²) in [6, 6.07) is 0. The molecule has 0 aromatic rings. The average molecular weight is 653 g/mol. The van der Waals surface area contributed by atoms with Gasteiger partial charge in [-0.25, -0.2) is 0 Å². The second-order valence-electron chi connectivity index (χ2n) is 14.0. The summed E-state index contributed by atoms with van der Waals surface area (Å²) in [4.78, 5) is 37.2. The summed E-state index contributed by atoms with van der Waals surface area (Å²) in [5, 5.41) is 0. The molecule has 0 aliphatic rings. The van der Waals surface area contributed by atoms with Crippen LogP contribution in [0.5, 0.6) is 0 Å². The van der Waals surface area contributed by atoms with Gasteiger partial charge < -0.3 is 14.2 Å². The second-order valence-corrected chi connectivity index (χ2v) is 14.0. The van der Waals surface area contributed by atoms with E-state index in [1.54, 1.807) is 0 Å². The van der Waals surface area contributed by atoms with Crippen molar-refractivity contribution in [2.75, 3.05) is 13.2 Å². The van der Waals surface area contributed by atoms with Gasteiger partial charge in [-0.3, -0.25) is 14.4 Å². The van der Waals surface area contributed by atoms with Crippen LogP contribution in [0.4, 0.5) is 0 Å². The Kier molecular flexibility index (Phi) is 33.5. The maximum Gasteiger partial charge on any atom is 0.306 e. The smallest absolute Gasteiger partial charge is 0.306 e. The van der Waals surface area contributed by atoms with Crippen molar-refractivity contribution in [3.8, 4) is 0 Å². The van der Waals surface area contributed by atoms with Gasteiger partial charge in [-0.05, 0) is 25.2 Å². The summed E-state index contributed by atoms with van der Waals surface area (Å²) in [7, 11) is 0. The molecule has 0 amide bonds. The molecule has 6 nitrogen and oxygen atoms in total. The normalized spacial score (nSPS) is 11.9. The van der Waals surface area contributed by atoms with Gasteiger partial charge in [-0.2, -0.15) is 0 Å². The van der Waals surface area contributed by atoms with E-state index < -0.39 is 6.10 Å². The number of ether oxygens (including phenoxy) is 3. The predicted octanol–water partition coefficient (Wildman–Crippen LogP) is 12.0. The number of unbranched alkanes of at least 4 members (excludes halogenated alkanes) is 22. The van der Waals surface area contributed by atoms with Crippen molar-refractivity contribution in [3.05, 3.63) is 0 Å². The van der Waals surface area contributed by atoms with Crippen LogP contribution in [0, 0.1) is 5.92 Å². The van der Waals surface area contributed by atoms with Crippen LogP contribution in [-0.4, -0.2) is 37.2 Å². The molecule has 0 aliphatic heterocycles. The Morgan fingerprint density at radius 2 is 0.717 bits per heavy atom. The third-order valence-electron chi connectivity index (χ3n) is 8.79. The fourth-order valence-corrected chi connectivity index (χ4v) is 5.74. The molecule has 0 radical (unpaired) electrons. The van der Waals surface area contributed by atoms with Gasteiger partial charge in [0.05, 0.1) is 0 Å². The van der Waals surface area contributed by atoms with Gasteiger partial charge in [-0.15, -0.1) is 0 Å². The highest BCUT2D eigenvalue weighted by Crippen LogP contribution is 2.15. The molecule has 6 heteroatoms. The van der Waals surface area contributed by atoms with Crippen molar-refractivity contribution in [2.24, 2.45) is 5.92 Å². The molecule has 272 valence electrons. The van der Waals surface area contributed by atoms with Crippen molar-refractivity contribution in [1.82, 2.24) is 0 Å². The fourth-order valence-electron chi connectivity index (χ4n) is 5.74. The van der Waals surface area contributed by atoms with Crippen molar-refractivity contribution in [1.29, 1.82) is 0 Å². The van der Waals surface area contributed by atoms with Crippen LogP contribution in [0.3, 0.4) is 0 Å². The fraction of sp³-hybridized carbons (Fsp3) is 0.925. The van der Waals surface area contributed by atoms with Crippen LogP contribution in [0.25, 0.3) is 0 Å². The largest absolute Gasteiger partial charge is 0.462 e. The van der Waals surface area contributed by atoms with Gasteiger partial charge in [0.15, 0.2) is 6.10 Å². The molecule has 0 unspecified atom stereocenters. The lowest BCUT2D eigenvalue weighted by Gasteiger charge is -2.18. The van der Waals surface area contributed by atoms with Crippen LogP contribution in [0.1, 0.15) is 214 Å². The van der Waals surface area contributed by atoms with Gasteiger partial charge in [0.2, 0.25) is 0 Å². The topological polar surface area (TPSA) is 78.9 Å². The molecule has 0 aromatic carbocycles. The van der Waals surface area contributed by atoms with Crippen LogP contribution >= 0.6 is 0 Å². The Morgan fingerprint density at radius 1 is 0.413 bits per heavy atom. The van der Waals surface area contributed by atoms with Crippen LogP contribution < -0.4 is 0 Å².